The van der Waals surface area contributed by atoms with E-state index in [1.807, 2.05) is 12.1 Å². The third kappa shape index (κ3) is 5.54. The van der Waals surface area contributed by atoms with Gasteiger partial charge in [0.05, 0.1) is 0 Å². The smallest absolute Gasteiger partial charge is 0.0406 e. The zero-order valence-corrected chi connectivity index (χ0v) is 13.5. The summed E-state index contributed by atoms with van der Waals surface area (Å²) in [5.41, 5.74) is 1.41. The van der Waals surface area contributed by atoms with E-state index >= 15 is 0 Å². The Labute approximate surface area is 123 Å². The molecule has 0 aliphatic rings. The number of benzene rings is 1. The van der Waals surface area contributed by atoms with Gasteiger partial charge in [0.2, 0.25) is 0 Å². The molecule has 0 radical (unpaired) electrons. The molecule has 1 nitrogen and oxygen atoms in total. The highest BCUT2D eigenvalue weighted by atomic mass is 35.5. The van der Waals surface area contributed by atoms with Gasteiger partial charge in [0.15, 0.2) is 0 Å². The topological polar surface area (TPSA) is 12.0 Å². The van der Waals surface area contributed by atoms with Gasteiger partial charge in [-0.3, -0.25) is 0 Å². The fraction of sp³-hybridized carbons (Fsp3) is 0.647. The Kier molecular flexibility index (Phi) is 7.48. The van der Waals surface area contributed by atoms with Crippen molar-refractivity contribution in [3.8, 4) is 0 Å². The molecule has 1 aromatic carbocycles. The van der Waals surface area contributed by atoms with Crippen molar-refractivity contribution in [3.63, 3.8) is 0 Å². The minimum Gasteiger partial charge on any atom is -0.316 e. The molecule has 19 heavy (non-hydrogen) atoms. The molecule has 1 rings (SSSR count). The van der Waals surface area contributed by atoms with Crippen molar-refractivity contribution in [1.82, 2.24) is 5.32 Å². The first-order valence-corrected chi connectivity index (χ1v) is 7.92. The summed E-state index contributed by atoms with van der Waals surface area (Å²) in [6.07, 6.45) is 2.46. The van der Waals surface area contributed by atoms with E-state index < -0.39 is 0 Å². The number of rotatable bonds is 8. The lowest BCUT2D eigenvalue weighted by Crippen LogP contribution is -2.29. The molecule has 1 unspecified atom stereocenters. The average Bonchev–Trinajstić information content (AvgIpc) is 2.39. The first kappa shape index (κ1) is 16.5. The van der Waals surface area contributed by atoms with E-state index in [0.29, 0.717) is 11.8 Å². The van der Waals surface area contributed by atoms with E-state index in [9.17, 15) is 0 Å². The van der Waals surface area contributed by atoms with Gasteiger partial charge in [0.1, 0.15) is 0 Å². The van der Waals surface area contributed by atoms with Gasteiger partial charge < -0.3 is 5.32 Å². The lowest BCUT2D eigenvalue weighted by molar-refractivity contribution is 0.373. The van der Waals surface area contributed by atoms with Crippen LogP contribution in [0.3, 0.4) is 0 Å². The van der Waals surface area contributed by atoms with Gasteiger partial charge in [-0.15, -0.1) is 0 Å². The monoisotopic (exact) mass is 281 g/mol. The van der Waals surface area contributed by atoms with E-state index in [1.54, 1.807) is 0 Å². The molecule has 0 fully saturated rings. The number of halogens is 1. The molecular weight excluding hydrogens is 254 g/mol. The second-order valence-electron chi connectivity index (χ2n) is 5.79. The van der Waals surface area contributed by atoms with Gasteiger partial charge in [0.25, 0.3) is 0 Å². The van der Waals surface area contributed by atoms with E-state index in [2.05, 4.69) is 45.1 Å². The summed E-state index contributed by atoms with van der Waals surface area (Å²) < 4.78 is 0. The molecule has 108 valence electrons. The molecule has 1 atom stereocenters. The maximum absolute atomic E-state index is 5.99. The quantitative estimate of drug-likeness (QED) is 0.698. The van der Waals surface area contributed by atoms with Crippen molar-refractivity contribution < 1.29 is 0 Å². The van der Waals surface area contributed by atoms with E-state index in [4.69, 9.17) is 11.6 Å². The number of hydrogen-bond donors (Lipinski definition) is 1. The largest absolute Gasteiger partial charge is 0.316 e. The lowest BCUT2D eigenvalue weighted by Gasteiger charge is -2.26. The highest BCUT2D eigenvalue weighted by molar-refractivity contribution is 6.30. The molecule has 0 bridgehead atoms. The Morgan fingerprint density at radius 2 is 1.58 bits per heavy atom. The summed E-state index contributed by atoms with van der Waals surface area (Å²) in [6.45, 7) is 11.2. The van der Waals surface area contributed by atoms with Crippen LogP contribution in [-0.2, 0) is 0 Å². The van der Waals surface area contributed by atoms with Crippen LogP contribution in [0.25, 0.3) is 0 Å². The van der Waals surface area contributed by atoms with Crippen LogP contribution < -0.4 is 5.32 Å². The second-order valence-corrected chi connectivity index (χ2v) is 6.22. The predicted molar refractivity (Wildman–Crippen MR) is 86.0 cm³/mol. The zero-order valence-electron chi connectivity index (χ0n) is 12.7. The molecule has 0 aromatic heterocycles. The van der Waals surface area contributed by atoms with Crippen LogP contribution in [0.4, 0.5) is 0 Å². The average molecular weight is 282 g/mol. The fourth-order valence-electron chi connectivity index (χ4n) is 2.65. The summed E-state index contributed by atoms with van der Waals surface area (Å²) in [7, 11) is 0. The first-order chi connectivity index (χ1) is 9.08. The van der Waals surface area contributed by atoms with Crippen LogP contribution in [0, 0.1) is 11.8 Å². The molecule has 0 spiro atoms. The summed E-state index contributed by atoms with van der Waals surface area (Å²) in [5, 5.41) is 4.44. The standard InChI is InChI=1S/C17H28ClN/c1-5-14(6-2)17(12-19-11-13(3)4)15-7-9-16(18)10-8-15/h7-10,13-14,17,19H,5-6,11-12H2,1-4H3. The molecular formula is C17H28ClN. The minimum absolute atomic E-state index is 0.589. The van der Waals surface area contributed by atoms with Gasteiger partial charge in [0, 0.05) is 11.6 Å². The van der Waals surface area contributed by atoms with Gasteiger partial charge >= 0.3 is 0 Å². The Morgan fingerprint density at radius 3 is 2.05 bits per heavy atom. The molecule has 0 aliphatic heterocycles. The van der Waals surface area contributed by atoms with Gasteiger partial charge in [-0.05, 0) is 42.0 Å². The van der Waals surface area contributed by atoms with Crippen molar-refractivity contribution in [1.29, 1.82) is 0 Å². The third-order valence-electron chi connectivity index (χ3n) is 3.83. The van der Waals surface area contributed by atoms with Crippen molar-refractivity contribution >= 4 is 11.6 Å². The predicted octanol–water partition coefficient (Wildman–Crippen LogP) is 5.11. The molecule has 0 saturated carbocycles. The fourth-order valence-corrected chi connectivity index (χ4v) is 2.78. The maximum Gasteiger partial charge on any atom is 0.0406 e. The summed E-state index contributed by atoms with van der Waals surface area (Å²) >= 11 is 5.99. The molecule has 0 saturated heterocycles. The van der Waals surface area contributed by atoms with E-state index in [0.717, 1.165) is 24.0 Å². The van der Waals surface area contributed by atoms with Gasteiger partial charge in [-0.25, -0.2) is 0 Å². The van der Waals surface area contributed by atoms with Crippen molar-refractivity contribution in [3.05, 3.63) is 34.9 Å². The van der Waals surface area contributed by atoms with Crippen LogP contribution in [0.1, 0.15) is 52.0 Å². The first-order valence-electron chi connectivity index (χ1n) is 7.54. The van der Waals surface area contributed by atoms with Crippen LogP contribution in [-0.4, -0.2) is 13.1 Å². The highest BCUT2D eigenvalue weighted by Crippen LogP contribution is 2.30. The highest BCUT2D eigenvalue weighted by Gasteiger charge is 2.20. The van der Waals surface area contributed by atoms with Crippen LogP contribution in [0.15, 0.2) is 24.3 Å². The van der Waals surface area contributed by atoms with Crippen molar-refractivity contribution in [2.75, 3.05) is 13.1 Å². The Hall–Kier alpha value is -0.530. The molecule has 0 heterocycles. The molecule has 0 amide bonds. The van der Waals surface area contributed by atoms with Crippen molar-refractivity contribution in [2.45, 2.75) is 46.5 Å². The number of nitrogens with one attached hydrogen (secondary N) is 1. The normalized spacial score (nSPS) is 13.2. The van der Waals surface area contributed by atoms with Crippen molar-refractivity contribution in [2.24, 2.45) is 11.8 Å². The summed E-state index contributed by atoms with van der Waals surface area (Å²) in [4.78, 5) is 0. The maximum atomic E-state index is 5.99. The number of hydrogen-bond acceptors (Lipinski definition) is 1. The summed E-state index contributed by atoms with van der Waals surface area (Å²) in [6, 6.07) is 8.38. The molecule has 2 heteroatoms. The molecule has 1 aromatic rings. The third-order valence-corrected chi connectivity index (χ3v) is 4.08. The SMILES string of the molecule is CCC(CC)C(CNCC(C)C)c1ccc(Cl)cc1. The summed E-state index contributed by atoms with van der Waals surface area (Å²) in [5.74, 6) is 2.03. The molecule has 1 N–H and O–H groups in total. The van der Waals surface area contributed by atoms with Crippen LogP contribution >= 0.6 is 11.6 Å². The lowest BCUT2D eigenvalue weighted by atomic mass is 9.82. The van der Waals surface area contributed by atoms with Crippen LogP contribution in [0.5, 0.6) is 0 Å². The minimum atomic E-state index is 0.589. The van der Waals surface area contributed by atoms with E-state index in [1.165, 1.54) is 18.4 Å². The Bertz CT molecular complexity index is 341. The van der Waals surface area contributed by atoms with Crippen LogP contribution in [0.2, 0.25) is 5.02 Å². The zero-order chi connectivity index (χ0) is 14.3. The van der Waals surface area contributed by atoms with Gasteiger partial charge in [-0.2, -0.15) is 0 Å². The Morgan fingerprint density at radius 1 is 1.00 bits per heavy atom. The second kappa shape index (κ2) is 8.60. The molecule has 0 aliphatic carbocycles. The van der Waals surface area contributed by atoms with Gasteiger partial charge in [-0.1, -0.05) is 64.3 Å². The van der Waals surface area contributed by atoms with E-state index in [-0.39, 0.29) is 0 Å². The Balaban J connectivity index is 2.76.